The predicted octanol–water partition coefficient (Wildman–Crippen LogP) is 2.62. The average molecular weight is 284 g/mol. The standard InChI is InChI=1S/C15H26ClN3/c1-4-19(11-5-10-18(2)3)14-7-6-13(8-9-17)15(16)12-14/h6-7,12H,4-5,8-11,17H2,1-3H3. The summed E-state index contributed by atoms with van der Waals surface area (Å²) in [5.74, 6) is 0. The molecule has 1 aromatic rings. The van der Waals surface area contributed by atoms with Crippen molar-refractivity contribution in [1.29, 1.82) is 0 Å². The first-order chi connectivity index (χ1) is 9.08. The van der Waals surface area contributed by atoms with E-state index >= 15 is 0 Å². The minimum Gasteiger partial charge on any atom is -0.372 e. The van der Waals surface area contributed by atoms with Crippen LogP contribution < -0.4 is 10.6 Å². The molecule has 1 aromatic carbocycles. The maximum Gasteiger partial charge on any atom is 0.0459 e. The Labute approximate surface area is 122 Å². The summed E-state index contributed by atoms with van der Waals surface area (Å²) in [5, 5.41) is 0.828. The van der Waals surface area contributed by atoms with Crippen LogP contribution >= 0.6 is 11.6 Å². The molecule has 0 fully saturated rings. The molecule has 0 bridgehead atoms. The number of benzene rings is 1. The summed E-state index contributed by atoms with van der Waals surface area (Å²) in [6, 6.07) is 6.31. The highest BCUT2D eigenvalue weighted by atomic mass is 35.5. The third-order valence-corrected chi connectivity index (χ3v) is 3.58. The first-order valence-corrected chi connectivity index (χ1v) is 7.34. The molecule has 0 saturated heterocycles. The first-order valence-electron chi connectivity index (χ1n) is 6.96. The topological polar surface area (TPSA) is 32.5 Å². The van der Waals surface area contributed by atoms with Gasteiger partial charge in [0.25, 0.3) is 0 Å². The van der Waals surface area contributed by atoms with Gasteiger partial charge in [0.15, 0.2) is 0 Å². The van der Waals surface area contributed by atoms with Gasteiger partial charge >= 0.3 is 0 Å². The number of hydrogen-bond acceptors (Lipinski definition) is 3. The summed E-state index contributed by atoms with van der Waals surface area (Å²) < 4.78 is 0. The quantitative estimate of drug-likeness (QED) is 0.796. The molecule has 0 amide bonds. The van der Waals surface area contributed by atoms with E-state index in [-0.39, 0.29) is 0 Å². The highest BCUT2D eigenvalue weighted by molar-refractivity contribution is 6.31. The van der Waals surface area contributed by atoms with Crippen LogP contribution in [0.5, 0.6) is 0 Å². The van der Waals surface area contributed by atoms with Crippen molar-refractivity contribution in [2.45, 2.75) is 19.8 Å². The van der Waals surface area contributed by atoms with Crippen molar-refractivity contribution in [3.63, 3.8) is 0 Å². The lowest BCUT2D eigenvalue weighted by atomic mass is 10.1. The molecule has 0 radical (unpaired) electrons. The van der Waals surface area contributed by atoms with Gasteiger partial charge in [-0.25, -0.2) is 0 Å². The second-order valence-electron chi connectivity index (χ2n) is 5.05. The van der Waals surface area contributed by atoms with Gasteiger partial charge in [0.05, 0.1) is 0 Å². The second-order valence-corrected chi connectivity index (χ2v) is 5.46. The number of halogens is 1. The van der Waals surface area contributed by atoms with E-state index in [1.165, 1.54) is 5.69 Å². The zero-order valence-electron chi connectivity index (χ0n) is 12.3. The van der Waals surface area contributed by atoms with E-state index in [9.17, 15) is 0 Å². The Bertz CT molecular complexity index is 380. The van der Waals surface area contributed by atoms with E-state index in [0.29, 0.717) is 6.54 Å². The predicted molar refractivity (Wildman–Crippen MR) is 85.3 cm³/mol. The molecule has 1 rings (SSSR count). The van der Waals surface area contributed by atoms with Gasteiger partial charge in [-0.1, -0.05) is 17.7 Å². The molecule has 108 valence electrons. The molecule has 0 saturated carbocycles. The Morgan fingerprint density at radius 3 is 2.47 bits per heavy atom. The molecule has 0 unspecified atom stereocenters. The highest BCUT2D eigenvalue weighted by Gasteiger charge is 2.07. The summed E-state index contributed by atoms with van der Waals surface area (Å²) in [4.78, 5) is 4.58. The minimum absolute atomic E-state index is 0.638. The highest BCUT2D eigenvalue weighted by Crippen LogP contribution is 2.24. The van der Waals surface area contributed by atoms with Gasteiger partial charge in [-0.3, -0.25) is 0 Å². The molecule has 0 aliphatic heterocycles. The maximum absolute atomic E-state index is 6.30. The van der Waals surface area contributed by atoms with Gasteiger partial charge in [-0.2, -0.15) is 0 Å². The molecule has 0 spiro atoms. The SMILES string of the molecule is CCN(CCCN(C)C)c1ccc(CCN)c(Cl)c1. The largest absolute Gasteiger partial charge is 0.372 e. The van der Waals surface area contributed by atoms with Crippen LogP contribution in [-0.2, 0) is 6.42 Å². The van der Waals surface area contributed by atoms with Crippen molar-refractivity contribution < 1.29 is 0 Å². The lowest BCUT2D eigenvalue weighted by Crippen LogP contribution is -2.27. The second kappa shape index (κ2) is 8.41. The third-order valence-electron chi connectivity index (χ3n) is 3.23. The molecular formula is C15H26ClN3. The Morgan fingerprint density at radius 2 is 1.95 bits per heavy atom. The molecule has 19 heavy (non-hydrogen) atoms. The molecule has 4 heteroatoms. The lowest BCUT2D eigenvalue weighted by molar-refractivity contribution is 0.400. The number of nitrogens with two attached hydrogens (primary N) is 1. The van der Waals surface area contributed by atoms with Crippen LogP contribution in [0.2, 0.25) is 5.02 Å². The summed E-state index contributed by atoms with van der Waals surface area (Å²) in [6.07, 6.45) is 1.99. The van der Waals surface area contributed by atoms with Crippen LogP contribution in [0.3, 0.4) is 0 Å². The Balaban J connectivity index is 2.67. The van der Waals surface area contributed by atoms with Gasteiger partial charge in [0, 0.05) is 23.8 Å². The van der Waals surface area contributed by atoms with E-state index in [0.717, 1.165) is 43.1 Å². The lowest BCUT2D eigenvalue weighted by Gasteiger charge is -2.24. The molecule has 0 aliphatic carbocycles. The molecule has 0 heterocycles. The van der Waals surface area contributed by atoms with Gasteiger partial charge in [-0.15, -0.1) is 0 Å². The number of anilines is 1. The molecular weight excluding hydrogens is 258 g/mol. The molecule has 0 atom stereocenters. The Morgan fingerprint density at radius 1 is 1.21 bits per heavy atom. The van der Waals surface area contributed by atoms with Gasteiger partial charge in [0.1, 0.15) is 0 Å². The summed E-state index contributed by atoms with van der Waals surface area (Å²) >= 11 is 6.30. The fraction of sp³-hybridized carbons (Fsp3) is 0.600. The average Bonchev–Trinajstić information content (AvgIpc) is 2.37. The monoisotopic (exact) mass is 283 g/mol. The Kier molecular flexibility index (Phi) is 7.21. The van der Waals surface area contributed by atoms with E-state index in [2.05, 4.69) is 49.0 Å². The van der Waals surface area contributed by atoms with Gasteiger partial charge < -0.3 is 15.5 Å². The van der Waals surface area contributed by atoms with Crippen molar-refractivity contribution in [2.75, 3.05) is 45.2 Å². The molecule has 3 nitrogen and oxygen atoms in total. The van der Waals surface area contributed by atoms with Crippen LogP contribution in [0.4, 0.5) is 5.69 Å². The van der Waals surface area contributed by atoms with E-state index < -0.39 is 0 Å². The van der Waals surface area contributed by atoms with Crippen molar-refractivity contribution in [1.82, 2.24) is 4.90 Å². The zero-order chi connectivity index (χ0) is 14.3. The number of nitrogens with zero attached hydrogens (tertiary/aromatic N) is 2. The summed E-state index contributed by atoms with van der Waals surface area (Å²) in [7, 11) is 4.21. The van der Waals surface area contributed by atoms with Crippen LogP contribution in [-0.4, -0.2) is 45.2 Å². The van der Waals surface area contributed by atoms with Crippen molar-refractivity contribution in [3.05, 3.63) is 28.8 Å². The number of rotatable bonds is 8. The van der Waals surface area contributed by atoms with E-state index in [1.807, 2.05) is 0 Å². The summed E-state index contributed by atoms with van der Waals surface area (Å²) in [5.41, 5.74) is 7.91. The van der Waals surface area contributed by atoms with Gasteiger partial charge in [-0.05, 0) is 64.6 Å². The van der Waals surface area contributed by atoms with Crippen LogP contribution in [0, 0.1) is 0 Å². The minimum atomic E-state index is 0.638. The fourth-order valence-corrected chi connectivity index (χ4v) is 2.41. The normalized spacial score (nSPS) is 11.1. The zero-order valence-corrected chi connectivity index (χ0v) is 13.1. The molecule has 2 N–H and O–H groups in total. The van der Waals surface area contributed by atoms with E-state index in [4.69, 9.17) is 17.3 Å². The summed E-state index contributed by atoms with van der Waals surface area (Å²) in [6.45, 7) is 5.98. The molecule has 0 aromatic heterocycles. The van der Waals surface area contributed by atoms with Crippen LogP contribution in [0.1, 0.15) is 18.9 Å². The van der Waals surface area contributed by atoms with Crippen LogP contribution in [0.15, 0.2) is 18.2 Å². The van der Waals surface area contributed by atoms with Gasteiger partial charge in [0.2, 0.25) is 0 Å². The van der Waals surface area contributed by atoms with Crippen molar-refractivity contribution >= 4 is 17.3 Å². The fourth-order valence-electron chi connectivity index (χ4n) is 2.14. The Hall–Kier alpha value is -0.770. The van der Waals surface area contributed by atoms with E-state index in [1.54, 1.807) is 0 Å². The molecule has 0 aliphatic rings. The maximum atomic E-state index is 6.30. The van der Waals surface area contributed by atoms with Crippen molar-refractivity contribution in [3.8, 4) is 0 Å². The van der Waals surface area contributed by atoms with Crippen molar-refractivity contribution in [2.24, 2.45) is 5.73 Å². The number of hydrogen-bond donors (Lipinski definition) is 1. The third kappa shape index (κ3) is 5.39. The first kappa shape index (κ1) is 16.3. The smallest absolute Gasteiger partial charge is 0.0459 e. The van der Waals surface area contributed by atoms with Crippen LogP contribution in [0.25, 0.3) is 0 Å².